The van der Waals surface area contributed by atoms with Gasteiger partial charge in [-0.25, -0.2) is 9.97 Å². The smallest absolute Gasteiger partial charge is 0.230 e. The van der Waals surface area contributed by atoms with Gasteiger partial charge in [-0.2, -0.15) is 0 Å². The van der Waals surface area contributed by atoms with E-state index in [1.54, 1.807) is 23.2 Å². The van der Waals surface area contributed by atoms with Crippen molar-refractivity contribution < 1.29 is 4.79 Å². The van der Waals surface area contributed by atoms with Crippen LogP contribution in [0.3, 0.4) is 0 Å². The number of piperidine rings is 1. The van der Waals surface area contributed by atoms with Gasteiger partial charge >= 0.3 is 0 Å². The number of anilines is 2. The van der Waals surface area contributed by atoms with Crippen LogP contribution in [-0.4, -0.2) is 33.9 Å². The van der Waals surface area contributed by atoms with Crippen molar-refractivity contribution in [2.24, 2.45) is 0 Å². The van der Waals surface area contributed by atoms with Gasteiger partial charge in [0, 0.05) is 31.3 Å². The Hall–Kier alpha value is -2.61. The largest absolute Gasteiger partial charge is 0.297 e. The molecule has 1 aliphatic heterocycles. The second kappa shape index (κ2) is 9.33. The molecule has 0 spiro atoms. The molecule has 1 fully saturated rings. The molecule has 2 aromatic carbocycles. The maximum atomic E-state index is 12.6. The number of thiazole rings is 2. The van der Waals surface area contributed by atoms with E-state index in [1.165, 1.54) is 28.1 Å². The number of amides is 1. The average Bonchev–Trinajstić information content (AvgIpc) is 3.44. The molecule has 1 atom stereocenters. The molecule has 0 saturated carbocycles. The third-order valence-electron chi connectivity index (χ3n) is 6.41. The molecule has 5 nitrogen and oxygen atoms in total. The number of aromatic nitrogens is 2. The van der Waals surface area contributed by atoms with Gasteiger partial charge in [-0.15, -0.1) is 22.7 Å². The average molecular weight is 477 g/mol. The predicted octanol–water partition coefficient (Wildman–Crippen LogP) is 6.43. The van der Waals surface area contributed by atoms with E-state index in [2.05, 4.69) is 54.5 Å². The number of para-hydroxylation sites is 1. The molecule has 7 heteroatoms. The van der Waals surface area contributed by atoms with Crippen molar-refractivity contribution in [3.8, 4) is 0 Å². The van der Waals surface area contributed by atoms with Crippen molar-refractivity contribution in [3.05, 3.63) is 69.7 Å². The van der Waals surface area contributed by atoms with Crippen LogP contribution >= 0.6 is 22.7 Å². The molecule has 1 amide bonds. The third kappa shape index (κ3) is 4.58. The zero-order valence-corrected chi connectivity index (χ0v) is 20.9. The summed E-state index contributed by atoms with van der Waals surface area (Å²) in [7, 11) is 0. The summed E-state index contributed by atoms with van der Waals surface area (Å²) in [4.78, 5) is 26.6. The van der Waals surface area contributed by atoms with Gasteiger partial charge in [0.25, 0.3) is 0 Å². The van der Waals surface area contributed by atoms with Crippen LogP contribution in [0.25, 0.3) is 10.2 Å². The van der Waals surface area contributed by atoms with Crippen molar-refractivity contribution in [1.29, 1.82) is 0 Å². The fourth-order valence-electron chi connectivity index (χ4n) is 4.55. The van der Waals surface area contributed by atoms with Crippen LogP contribution in [0.1, 0.15) is 47.5 Å². The van der Waals surface area contributed by atoms with Gasteiger partial charge in [0.15, 0.2) is 5.13 Å². The van der Waals surface area contributed by atoms with Gasteiger partial charge in [-0.1, -0.05) is 24.3 Å². The lowest BCUT2D eigenvalue weighted by Gasteiger charge is -2.31. The van der Waals surface area contributed by atoms with Crippen molar-refractivity contribution in [3.63, 3.8) is 0 Å². The zero-order valence-electron chi connectivity index (χ0n) is 19.2. The van der Waals surface area contributed by atoms with Crippen molar-refractivity contribution in [2.75, 3.05) is 18.0 Å². The number of aryl methyl sites for hydroxylation is 1. The maximum Gasteiger partial charge on any atom is 0.230 e. The van der Waals surface area contributed by atoms with E-state index in [4.69, 9.17) is 9.97 Å². The molecule has 0 unspecified atom stereocenters. The molecule has 0 N–H and O–H groups in total. The Bertz CT molecular complexity index is 1260. The van der Waals surface area contributed by atoms with E-state index < -0.39 is 0 Å². The minimum absolute atomic E-state index is 0.0153. The molecule has 170 valence electrons. The molecule has 33 heavy (non-hydrogen) atoms. The predicted molar refractivity (Wildman–Crippen MR) is 138 cm³/mol. The maximum absolute atomic E-state index is 12.6. The topological polar surface area (TPSA) is 49.3 Å². The lowest BCUT2D eigenvalue weighted by atomic mass is 9.98. The van der Waals surface area contributed by atoms with Crippen LogP contribution < -0.4 is 4.90 Å². The van der Waals surface area contributed by atoms with Crippen LogP contribution in [0.15, 0.2) is 47.8 Å². The third-order valence-corrected chi connectivity index (χ3v) is 8.49. The molecule has 5 rings (SSSR count). The number of hydrogen-bond donors (Lipinski definition) is 0. The first-order valence-corrected chi connectivity index (χ1v) is 13.1. The first-order valence-electron chi connectivity index (χ1n) is 11.4. The minimum atomic E-state index is -0.0153. The van der Waals surface area contributed by atoms with Crippen LogP contribution in [0.5, 0.6) is 0 Å². The summed E-state index contributed by atoms with van der Waals surface area (Å²) in [5, 5.41) is 4.08. The number of carbonyl (C=O) groups excluding carboxylic acids is 1. The standard InChI is InChI=1S/C26H28N4OS2/c1-17-8-6-11-23(18(17)2)30(19(3)31)26-27-21(16-32-26)15-29-13-7-9-20(14-29)25-28-22-10-4-5-12-24(22)33-25/h4-6,8,10-12,16,20H,7,9,13-15H2,1-3H3/t20-/m1/s1. The highest BCUT2D eigenvalue weighted by atomic mass is 32.1. The first kappa shape index (κ1) is 22.2. The number of hydrogen-bond acceptors (Lipinski definition) is 6. The fraction of sp³-hybridized carbons (Fsp3) is 0.346. The van der Waals surface area contributed by atoms with E-state index in [9.17, 15) is 4.79 Å². The molecular weight excluding hydrogens is 448 g/mol. The van der Waals surface area contributed by atoms with Crippen LogP contribution in [0, 0.1) is 13.8 Å². The molecular formula is C26H28N4OS2. The highest BCUT2D eigenvalue weighted by molar-refractivity contribution is 7.18. The molecule has 2 aromatic heterocycles. The summed E-state index contributed by atoms with van der Waals surface area (Å²) < 4.78 is 1.27. The lowest BCUT2D eigenvalue weighted by Crippen LogP contribution is -2.34. The van der Waals surface area contributed by atoms with Gasteiger partial charge in [-0.05, 0) is 62.6 Å². The number of rotatable bonds is 5. The summed E-state index contributed by atoms with van der Waals surface area (Å²) in [6.07, 6.45) is 2.35. The van der Waals surface area contributed by atoms with Crippen LogP contribution in [0.2, 0.25) is 0 Å². The van der Waals surface area contributed by atoms with E-state index >= 15 is 0 Å². The summed E-state index contributed by atoms with van der Waals surface area (Å²) in [6, 6.07) is 14.5. The van der Waals surface area contributed by atoms with E-state index in [0.29, 0.717) is 5.92 Å². The Kier molecular flexibility index (Phi) is 6.27. The Morgan fingerprint density at radius 2 is 2.00 bits per heavy atom. The molecule has 3 heterocycles. The lowest BCUT2D eigenvalue weighted by molar-refractivity contribution is -0.115. The van der Waals surface area contributed by atoms with E-state index in [1.807, 2.05) is 23.5 Å². The van der Waals surface area contributed by atoms with Gasteiger partial charge < -0.3 is 0 Å². The highest BCUT2D eigenvalue weighted by Crippen LogP contribution is 2.35. The molecule has 1 aliphatic rings. The number of benzene rings is 2. The van der Waals surface area contributed by atoms with Gasteiger partial charge in [0.2, 0.25) is 5.91 Å². The zero-order chi connectivity index (χ0) is 22.9. The quantitative estimate of drug-likeness (QED) is 0.333. The SMILES string of the molecule is CC(=O)N(c1nc(CN2CCC[C@@H](c3nc4ccccc4s3)C2)cs1)c1cccc(C)c1C. The molecule has 4 aromatic rings. The minimum Gasteiger partial charge on any atom is -0.297 e. The van der Waals surface area contributed by atoms with Gasteiger partial charge in [-0.3, -0.25) is 14.6 Å². The molecule has 0 aliphatic carbocycles. The van der Waals surface area contributed by atoms with Crippen LogP contribution in [0.4, 0.5) is 10.8 Å². The number of carbonyl (C=O) groups is 1. The fourth-order valence-corrected chi connectivity index (χ4v) is 6.52. The Morgan fingerprint density at radius 3 is 2.82 bits per heavy atom. The highest BCUT2D eigenvalue weighted by Gasteiger charge is 2.26. The molecule has 1 saturated heterocycles. The number of fused-ring (bicyclic) bond motifs is 1. The Labute approximate surface area is 202 Å². The van der Waals surface area contributed by atoms with Crippen molar-refractivity contribution in [2.45, 2.75) is 46.1 Å². The Morgan fingerprint density at radius 1 is 1.15 bits per heavy atom. The summed E-state index contributed by atoms with van der Waals surface area (Å²) in [6.45, 7) is 8.61. The molecule has 0 bridgehead atoms. The van der Waals surface area contributed by atoms with Crippen molar-refractivity contribution >= 4 is 49.6 Å². The second-order valence-electron chi connectivity index (χ2n) is 8.79. The van der Waals surface area contributed by atoms with Crippen molar-refractivity contribution in [1.82, 2.24) is 14.9 Å². The second-order valence-corrected chi connectivity index (χ2v) is 10.7. The normalized spacial score (nSPS) is 16.9. The number of nitrogens with zero attached hydrogens (tertiary/aromatic N) is 4. The van der Waals surface area contributed by atoms with Crippen LogP contribution in [-0.2, 0) is 11.3 Å². The van der Waals surface area contributed by atoms with Gasteiger partial charge in [0.1, 0.15) is 0 Å². The summed E-state index contributed by atoms with van der Waals surface area (Å²) in [5.41, 5.74) is 5.33. The summed E-state index contributed by atoms with van der Waals surface area (Å²) >= 11 is 3.37. The monoisotopic (exact) mass is 476 g/mol. The van der Waals surface area contributed by atoms with E-state index in [-0.39, 0.29) is 5.91 Å². The molecule has 0 radical (unpaired) electrons. The number of likely N-dealkylation sites (tertiary alicyclic amines) is 1. The first-order chi connectivity index (χ1) is 16.0. The summed E-state index contributed by atoms with van der Waals surface area (Å²) in [5.74, 6) is 0.455. The Balaban J connectivity index is 1.32. The van der Waals surface area contributed by atoms with E-state index in [0.717, 1.165) is 47.2 Å². The van der Waals surface area contributed by atoms with Gasteiger partial charge in [0.05, 0.1) is 26.6 Å².